The van der Waals surface area contributed by atoms with E-state index in [0.717, 1.165) is 10.0 Å². The highest BCUT2D eigenvalue weighted by atomic mass is 79.9. The fourth-order valence-electron chi connectivity index (χ4n) is 1.90. The molecule has 126 valence electrons. The summed E-state index contributed by atoms with van der Waals surface area (Å²) in [7, 11) is 0. The van der Waals surface area contributed by atoms with Crippen LogP contribution >= 0.6 is 27.5 Å². The van der Waals surface area contributed by atoms with Gasteiger partial charge >= 0.3 is 0 Å². The van der Waals surface area contributed by atoms with Crippen molar-refractivity contribution in [1.29, 1.82) is 0 Å². The number of nitro groups is 1. The van der Waals surface area contributed by atoms with Gasteiger partial charge in [-0.1, -0.05) is 17.7 Å². The normalized spacial score (nSPS) is 11.7. The van der Waals surface area contributed by atoms with E-state index in [1.807, 2.05) is 19.1 Å². The molecule has 1 unspecified atom stereocenters. The van der Waals surface area contributed by atoms with Gasteiger partial charge < -0.3 is 10.1 Å². The maximum atomic E-state index is 12.2. The molecule has 0 aliphatic carbocycles. The lowest BCUT2D eigenvalue weighted by Gasteiger charge is -2.16. The van der Waals surface area contributed by atoms with E-state index in [1.54, 1.807) is 13.0 Å². The van der Waals surface area contributed by atoms with Gasteiger partial charge in [0, 0.05) is 16.6 Å². The van der Waals surface area contributed by atoms with E-state index >= 15 is 0 Å². The first-order valence-corrected chi connectivity index (χ1v) is 8.12. The third kappa shape index (κ3) is 4.46. The van der Waals surface area contributed by atoms with Gasteiger partial charge in [-0.25, -0.2) is 0 Å². The molecule has 2 aromatic carbocycles. The third-order valence-electron chi connectivity index (χ3n) is 3.18. The number of carbonyl (C=O) groups excluding carboxylic acids is 1. The maximum absolute atomic E-state index is 12.2. The van der Waals surface area contributed by atoms with E-state index in [0.29, 0.717) is 5.69 Å². The predicted octanol–water partition coefficient (Wildman–Crippen LogP) is 4.73. The molecule has 2 rings (SSSR count). The smallest absolute Gasteiger partial charge is 0.271 e. The van der Waals surface area contributed by atoms with Crippen molar-refractivity contribution in [2.75, 3.05) is 5.32 Å². The molecule has 0 aromatic heterocycles. The summed E-state index contributed by atoms with van der Waals surface area (Å²) in [6, 6.07) is 9.35. The highest BCUT2D eigenvalue weighted by Crippen LogP contribution is 2.30. The van der Waals surface area contributed by atoms with E-state index in [1.165, 1.54) is 18.2 Å². The highest BCUT2D eigenvalue weighted by Gasteiger charge is 2.18. The Bertz CT molecular complexity index is 798. The van der Waals surface area contributed by atoms with E-state index in [4.69, 9.17) is 16.3 Å². The van der Waals surface area contributed by atoms with E-state index in [2.05, 4.69) is 21.2 Å². The molecule has 2 aromatic rings. The Morgan fingerprint density at radius 1 is 1.33 bits per heavy atom. The van der Waals surface area contributed by atoms with E-state index < -0.39 is 11.0 Å². The first-order valence-electron chi connectivity index (χ1n) is 6.95. The molecule has 8 heteroatoms. The van der Waals surface area contributed by atoms with Crippen molar-refractivity contribution in [3.63, 3.8) is 0 Å². The summed E-state index contributed by atoms with van der Waals surface area (Å²) >= 11 is 9.34. The summed E-state index contributed by atoms with van der Waals surface area (Å²) in [5.74, 6) is -0.165. The Morgan fingerprint density at radius 2 is 2.04 bits per heavy atom. The second-order valence-electron chi connectivity index (χ2n) is 5.10. The second-order valence-corrected chi connectivity index (χ2v) is 6.37. The average Bonchev–Trinajstić information content (AvgIpc) is 2.51. The van der Waals surface area contributed by atoms with Crippen LogP contribution in [0.25, 0.3) is 0 Å². The first-order chi connectivity index (χ1) is 11.3. The van der Waals surface area contributed by atoms with Crippen LogP contribution in [0.3, 0.4) is 0 Å². The maximum Gasteiger partial charge on any atom is 0.271 e. The van der Waals surface area contributed by atoms with Gasteiger partial charge in [0.1, 0.15) is 5.75 Å². The average molecular weight is 414 g/mol. The van der Waals surface area contributed by atoms with Gasteiger partial charge in [0.2, 0.25) is 0 Å². The lowest BCUT2D eigenvalue weighted by Crippen LogP contribution is -2.30. The zero-order valence-corrected chi connectivity index (χ0v) is 15.2. The Labute approximate surface area is 152 Å². The molecule has 0 radical (unpaired) electrons. The minimum absolute atomic E-state index is 0.0698. The number of amides is 1. The number of anilines is 1. The van der Waals surface area contributed by atoms with Crippen molar-refractivity contribution in [2.24, 2.45) is 0 Å². The number of nitrogens with one attached hydrogen (secondary N) is 1. The predicted molar refractivity (Wildman–Crippen MR) is 95.7 cm³/mol. The lowest BCUT2D eigenvalue weighted by atomic mass is 10.2. The van der Waals surface area contributed by atoms with Crippen LogP contribution in [0.1, 0.15) is 12.5 Å². The number of nitro benzene ring substituents is 1. The van der Waals surface area contributed by atoms with Crippen LogP contribution in [0.15, 0.2) is 40.9 Å². The number of non-ortho nitro benzene ring substituents is 1. The molecule has 24 heavy (non-hydrogen) atoms. The number of hydrogen-bond donors (Lipinski definition) is 1. The van der Waals surface area contributed by atoms with Gasteiger partial charge in [0.25, 0.3) is 11.6 Å². The summed E-state index contributed by atoms with van der Waals surface area (Å²) in [5, 5.41) is 13.5. The fourth-order valence-corrected chi connectivity index (χ4v) is 2.71. The Balaban J connectivity index is 2.07. The molecule has 0 spiro atoms. The van der Waals surface area contributed by atoms with Crippen LogP contribution in [0.2, 0.25) is 5.02 Å². The van der Waals surface area contributed by atoms with Crippen LogP contribution in [-0.4, -0.2) is 16.9 Å². The van der Waals surface area contributed by atoms with E-state index in [9.17, 15) is 14.9 Å². The molecule has 0 fully saturated rings. The number of rotatable bonds is 5. The van der Waals surface area contributed by atoms with Gasteiger partial charge in [-0.05, 0) is 53.5 Å². The van der Waals surface area contributed by atoms with Gasteiger partial charge in [-0.3, -0.25) is 14.9 Å². The van der Waals surface area contributed by atoms with Gasteiger partial charge in [0.15, 0.2) is 6.10 Å². The van der Waals surface area contributed by atoms with Gasteiger partial charge in [0.05, 0.1) is 15.6 Å². The molecule has 1 amide bonds. The quantitative estimate of drug-likeness (QED) is 0.568. The van der Waals surface area contributed by atoms with Crippen LogP contribution in [0.5, 0.6) is 5.75 Å². The number of hydrogen-bond acceptors (Lipinski definition) is 4. The fraction of sp³-hybridized carbons (Fsp3) is 0.188. The number of aryl methyl sites for hydroxylation is 1. The van der Waals surface area contributed by atoms with Crippen LogP contribution in [0, 0.1) is 17.0 Å². The van der Waals surface area contributed by atoms with Crippen molar-refractivity contribution in [2.45, 2.75) is 20.0 Å². The van der Waals surface area contributed by atoms with Gasteiger partial charge in [-0.2, -0.15) is 0 Å². The standard InChI is InChI=1S/C16H14BrClN2O4/c1-9-3-5-14(12(17)7-9)19-16(21)10(2)24-15-6-4-11(20(22)23)8-13(15)18/h3-8,10H,1-2H3,(H,19,21). The molecule has 6 nitrogen and oxygen atoms in total. The largest absolute Gasteiger partial charge is 0.479 e. The van der Waals surface area contributed by atoms with Gasteiger partial charge in [-0.15, -0.1) is 0 Å². The van der Waals surface area contributed by atoms with Crippen molar-refractivity contribution < 1.29 is 14.5 Å². The zero-order chi connectivity index (χ0) is 17.9. The van der Waals surface area contributed by atoms with Crippen molar-refractivity contribution in [3.8, 4) is 5.75 Å². The van der Waals surface area contributed by atoms with Crippen LogP contribution in [-0.2, 0) is 4.79 Å². The summed E-state index contributed by atoms with van der Waals surface area (Å²) in [6.07, 6.45) is -0.836. The molecular weight excluding hydrogens is 400 g/mol. The number of carbonyl (C=O) groups is 1. The first kappa shape index (κ1) is 18.2. The molecule has 0 saturated heterocycles. The number of halogens is 2. The molecule has 0 saturated carbocycles. The molecule has 0 aliphatic heterocycles. The Kier molecular flexibility index (Phi) is 5.80. The van der Waals surface area contributed by atoms with E-state index in [-0.39, 0.29) is 22.4 Å². The third-order valence-corrected chi connectivity index (χ3v) is 4.13. The SMILES string of the molecule is Cc1ccc(NC(=O)C(C)Oc2ccc([N+](=O)[O-])cc2Cl)c(Br)c1. The molecule has 0 aliphatic rings. The second kappa shape index (κ2) is 7.63. The molecule has 0 heterocycles. The summed E-state index contributed by atoms with van der Waals surface area (Å²) < 4.78 is 6.26. The number of nitrogens with zero attached hydrogens (tertiary/aromatic N) is 1. The van der Waals surface area contributed by atoms with Crippen molar-refractivity contribution in [3.05, 3.63) is 61.6 Å². The van der Waals surface area contributed by atoms with Crippen molar-refractivity contribution in [1.82, 2.24) is 0 Å². The van der Waals surface area contributed by atoms with Crippen molar-refractivity contribution >= 4 is 44.8 Å². The Morgan fingerprint density at radius 3 is 2.62 bits per heavy atom. The topological polar surface area (TPSA) is 81.5 Å². The minimum Gasteiger partial charge on any atom is -0.479 e. The highest BCUT2D eigenvalue weighted by molar-refractivity contribution is 9.10. The molecule has 1 N–H and O–H groups in total. The lowest BCUT2D eigenvalue weighted by molar-refractivity contribution is -0.384. The molecule has 0 bridgehead atoms. The van der Waals surface area contributed by atoms with Crippen LogP contribution < -0.4 is 10.1 Å². The zero-order valence-electron chi connectivity index (χ0n) is 12.9. The molecule has 1 atom stereocenters. The number of ether oxygens (including phenoxy) is 1. The summed E-state index contributed by atoms with van der Waals surface area (Å²) in [6.45, 7) is 3.51. The number of benzene rings is 2. The summed E-state index contributed by atoms with van der Waals surface area (Å²) in [4.78, 5) is 22.4. The Hall–Kier alpha value is -2.12. The summed E-state index contributed by atoms with van der Waals surface area (Å²) in [5.41, 5.74) is 1.53. The monoisotopic (exact) mass is 412 g/mol. The van der Waals surface area contributed by atoms with Crippen LogP contribution in [0.4, 0.5) is 11.4 Å². The molecular formula is C16H14BrClN2O4. The minimum atomic E-state index is -0.836.